The van der Waals surface area contributed by atoms with E-state index in [2.05, 4.69) is 22.3 Å². The standard InChI is InChI=1S/C15H22N4O4/c1-4-5-16-15(21)17-11-10-7-22-14(23-10)12(13(11)20)19-9(3)6-8(2)18-19/h4,6,10-14,20H,1,5,7H2,2-3H3,(H2,16,17,21)/t10-,11-,12-,13+,14-/m1/s1. The van der Waals surface area contributed by atoms with Crippen molar-refractivity contribution in [3.8, 4) is 0 Å². The van der Waals surface area contributed by atoms with Gasteiger partial charge in [-0.1, -0.05) is 6.08 Å². The van der Waals surface area contributed by atoms with Crippen LogP contribution in [0.1, 0.15) is 17.4 Å². The van der Waals surface area contributed by atoms with Gasteiger partial charge in [-0.25, -0.2) is 4.79 Å². The van der Waals surface area contributed by atoms with E-state index in [0.717, 1.165) is 11.4 Å². The lowest BCUT2D eigenvalue weighted by atomic mass is 9.96. The molecule has 2 fully saturated rings. The van der Waals surface area contributed by atoms with Crippen LogP contribution in [-0.2, 0) is 9.47 Å². The molecule has 2 aliphatic rings. The first-order valence-electron chi connectivity index (χ1n) is 7.64. The molecule has 0 radical (unpaired) electrons. The summed E-state index contributed by atoms with van der Waals surface area (Å²) in [4.78, 5) is 11.9. The van der Waals surface area contributed by atoms with Crippen molar-refractivity contribution in [2.75, 3.05) is 13.2 Å². The van der Waals surface area contributed by atoms with E-state index in [1.807, 2.05) is 19.9 Å². The average molecular weight is 322 g/mol. The number of rotatable bonds is 4. The Labute approximate surface area is 134 Å². The summed E-state index contributed by atoms with van der Waals surface area (Å²) < 4.78 is 13.2. The molecule has 3 heterocycles. The second-order valence-electron chi connectivity index (χ2n) is 5.90. The Morgan fingerprint density at radius 3 is 3.04 bits per heavy atom. The molecule has 0 aromatic carbocycles. The van der Waals surface area contributed by atoms with Crippen molar-refractivity contribution in [1.82, 2.24) is 20.4 Å². The van der Waals surface area contributed by atoms with Crippen LogP contribution >= 0.6 is 0 Å². The van der Waals surface area contributed by atoms with E-state index in [0.29, 0.717) is 13.2 Å². The maximum atomic E-state index is 11.9. The third kappa shape index (κ3) is 2.97. The first-order chi connectivity index (χ1) is 11.0. The number of amides is 2. The van der Waals surface area contributed by atoms with Gasteiger partial charge in [0, 0.05) is 12.2 Å². The summed E-state index contributed by atoms with van der Waals surface area (Å²) in [5, 5.41) is 20.6. The second kappa shape index (κ2) is 6.31. The summed E-state index contributed by atoms with van der Waals surface area (Å²) in [5.74, 6) is 0. The fourth-order valence-electron chi connectivity index (χ4n) is 3.15. The molecule has 3 rings (SSSR count). The Hall–Kier alpha value is -1.90. The molecule has 1 aromatic rings. The van der Waals surface area contributed by atoms with E-state index in [-0.39, 0.29) is 12.1 Å². The van der Waals surface area contributed by atoms with Crippen LogP contribution in [0.25, 0.3) is 0 Å². The van der Waals surface area contributed by atoms with Crippen LogP contribution in [0, 0.1) is 13.8 Å². The van der Waals surface area contributed by atoms with Crippen LogP contribution in [-0.4, -0.2) is 58.6 Å². The van der Waals surface area contributed by atoms with Crippen molar-refractivity contribution in [1.29, 1.82) is 0 Å². The molecule has 0 aliphatic carbocycles. The van der Waals surface area contributed by atoms with Gasteiger partial charge >= 0.3 is 6.03 Å². The number of urea groups is 1. The maximum Gasteiger partial charge on any atom is 0.315 e. The highest BCUT2D eigenvalue weighted by Gasteiger charge is 2.52. The highest BCUT2D eigenvalue weighted by Crippen LogP contribution is 2.36. The monoisotopic (exact) mass is 322 g/mol. The van der Waals surface area contributed by atoms with Crippen LogP contribution in [0.2, 0.25) is 0 Å². The van der Waals surface area contributed by atoms with Crippen LogP contribution in [0.5, 0.6) is 0 Å². The van der Waals surface area contributed by atoms with Gasteiger partial charge in [0.25, 0.3) is 0 Å². The van der Waals surface area contributed by atoms with Crippen molar-refractivity contribution in [2.45, 2.75) is 44.4 Å². The van der Waals surface area contributed by atoms with Crippen molar-refractivity contribution < 1.29 is 19.4 Å². The Morgan fingerprint density at radius 1 is 1.61 bits per heavy atom. The number of aryl methyl sites for hydroxylation is 2. The minimum absolute atomic E-state index is 0.323. The quantitative estimate of drug-likeness (QED) is 0.679. The van der Waals surface area contributed by atoms with Crippen molar-refractivity contribution >= 4 is 6.03 Å². The van der Waals surface area contributed by atoms with Gasteiger partial charge in [0.15, 0.2) is 6.29 Å². The van der Waals surface area contributed by atoms with E-state index in [1.165, 1.54) is 0 Å². The lowest BCUT2D eigenvalue weighted by Gasteiger charge is -2.38. The Bertz CT molecular complexity index is 602. The highest BCUT2D eigenvalue weighted by molar-refractivity contribution is 5.74. The van der Waals surface area contributed by atoms with Gasteiger partial charge in [-0.3, -0.25) is 4.68 Å². The Balaban J connectivity index is 1.80. The highest BCUT2D eigenvalue weighted by atomic mass is 16.7. The lowest BCUT2D eigenvalue weighted by Crippen LogP contribution is -2.60. The molecular weight excluding hydrogens is 300 g/mol. The van der Waals surface area contributed by atoms with Gasteiger partial charge in [0.2, 0.25) is 0 Å². The maximum absolute atomic E-state index is 11.9. The number of aromatic nitrogens is 2. The molecule has 2 saturated heterocycles. The fraction of sp³-hybridized carbons (Fsp3) is 0.600. The SMILES string of the molecule is C=CCNC(=O)N[C@H]1[C@H](O)[C@@H](n2nc(C)cc2C)[C@@H]2OC[C@H]1O2. The van der Waals surface area contributed by atoms with Crippen molar-refractivity contribution in [3.05, 3.63) is 30.1 Å². The Morgan fingerprint density at radius 2 is 2.39 bits per heavy atom. The molecule has 8 heteroatoms. The molecule has 0 saturated carbocycles. The number of carbonyl (C=O) groups excluding carboxylic acids is 1. The first-order valence-corrected chi connectivity index (χ1v) is 7.64. The number of hydrogen-bond acceptors (Lipinski definition) is 5. The van der Waals surface area contributed by atoms with Crippen LogP contribution < -0.4 is 10.6 Å². The molecule has 23 heavy (non-hydrogen) atoms. The molecule has 1 aromatic heterocycles. The van der Waals surface area contributed by atoms with E-state index in [4.69, 9.17) is 9.47 Å². The molecule has 8 nitrogen and oxygen atoms in total. The summed E-state index contributed by atoms with van der Waals surface area (Å²) in [6, 6.07) is 0.460. The van der Waals surface area contributed by atoms with E-state index < -0.39 is 24.5 Å². The zero-order chi connectivity index (χ0) is 16.6. The molecule has 5 atom stereocenters. The summed E-state index contributed by atoms with van der Waals surface area (Å²) in [6.07, 6.45) is -0.227. The summed E-state index contributed by atoms with van der Waals surface area (Å²) in [5.41, 5.74) is 1.75. The lowest BCUT2D eigenvalue weighted by molar-refractivity contribution is -0.166. The smallest absolute Gasteiger partial charge is 0.315 e. The molecule has 126 valence electrons. The van der Waals surface area contributed by atoms with Crippen LogP contribution in [0.15, 0.2) is 18.7 Å². The summed E-state index contributed by atoms with van der Waals surface area (Å²) in [6.45, 7) is 8.01. The number of ether oxygens (including phenoxy) is 2. The van der Waals surface area contributed by atoms with Crippen LogP contribution in [0.3, 0.4) is 0 Å². The molecule has 3 N–H and O–H groups in total. The van der Waals surface area contributed by atoms with Crippen molar-refractivity contribution in [3.63, 3.8) is 0 Å². The molecule has 2 aliphatic heterocycles. The average Bonchev–Trinajstić information content (AvgIpc) is 3.07. The van der Waals surface area contributed by atoms with Gasteiger partial charge in [-0.05, 0) is 19.9 Å². The van der Waals surface area contributed by atoms with E-state index in [9.17, 15) is 9.90 Å². The number of fused-ring (bicyclic) bond motifs is 2. The minimum atomic E-state index is -0.867. The Kier molecular flexibility index (Phi) is 4.38. The summed E-state index contributed by atoms with van der Waals surface area (Å²) in [7, 11) is 0. The van der Waals surface area contributed by atoms with E-state index >= 15 is 0 Å². The fourth-order valence-corrected chi connectivity index (χ4v) is 3.15. The number of hydrogen-bond donors (Lipinski definition) is 3. The van der Waals surface area contributed by atoms with Gasteiger partial charge in [0.1, 0.15) is 18.2 Å². The number of aliphatic hydroxyl groups excluding tert-OH is 1. The molecule has 2 amide bonds. The third-order valence-electron chi connectivity index (χ3n) is 4.16. The van der Waals surface area contributed by atoms with Gasteiger partial charge in [0.05, 0.1) is 18.3 Å². The van der Waals surface area contributed by atoms with E-state index in [1.54, 1.807) is 10.8 Å². The predicted molar refractivity (Wildman–Crippen MR) is 81.9 cm³/mol. The van der Waals surface area contributed by atoms with Crippen molar-refractivity contribution in [2.24, 2.45) is 0 Å². The zero-order valence-electron chi connectivity index (χ0n) is 13.2. The molecular formula is C15H22N4O4. The number of aliphatic hydroxyl groups is 1. The summed E-state index contributed by atoms with van der Waals surface area (Å²) >= 11 is 0. The first kappa shape index (κ1) is 16.0. The zero-order valence-corrected chi connectivity index (χ0v) is 13.2. The second-order valence-corrected chi connectivity index (χ2v) is 5.90. The number of nitrogens with one attached hydrogen (secondary N) is 2. The van der Waals surface area contributed by atoms with Gasteiger partial charge in [-0.2, -0.15) is 5.10 Å². The molecule has 0 spiro atoms. The molecule has 2 bridgehead atoms. The van der Waals surface area contributed by atoms with Gasteiger partial charge in [-0.15, -0.1) is 6.58 Å². The minimum Gasteiger partial charge on any atom is -0.388 e. The largest absolute Gasteiger partial charge is 0.388 e. The third-order valence-corrected chi connectivity index (χ3v) is 4.16. The van der Waals surface area contributed by atoms with Crippen LogP contribution in [0.4, 0.5) is 4.79 Å². The topological polar surface area (TPSA) is 97.6 Å². The number of nitrogens with zero attached hydrogens (tertiary/aromatic N) is 2. The van der Waals surface area contributed by atoms with Gasteiger partial charge < -0.3 is 25.2 Å². The number of carbonyl (C=O) groups is 1. The molecule has 0 unspecified atom stereocenters. The normalized spacial score (nSPS) is 32.6. The predicted octanol–water partition coefficient (Wildman–Crippen LogP) is 0.0108.